The maximum Gasteiger partial charge on any atom is 0.319 e. The molecule has 0 radical (unpaired) electrons. The number of morpholine rings is 1. The number of nitrogens with one attached hydrogen (secondary N) is 4. The van der Waals surface area contributed by atoms with E-state index in [4.69, 9.17) is 64.0 Å². The molecule has 7 aliphatic carbocycles. The van der Waals surface area contributed by atoms with Crippen LogP contribution in [0.2, 0.25) is 5.02 Å². The number of rotatable bonds is 28. The van der Waals surface area contributed by atoms with Crippen LogP contribution in [0.3, 0.4) is 0 Å². The third-order valence-corrected chi connectivity index (χ3v) is 32.4. The van der Waals surface area contributed by atoms with Crippen LogP contribution in [0.5, 0.6) is 5.75 Å². The number of nitrogens with two attached hydrogens (primary N) is 4. The van der Waals surface area contributed by atoms with Crippen molar-refractivity contribution in [1.29, 1.82) is 0 Å². The third-order valence-electron chi connectivity index (χ3n) is 32.2. The molecule has 8 fully saturated rings. The Hall–Kier alpha value is -10.6. The van der Waals surface area contributed by atoms with Crippen LogP contribution in [-0.2, 0) is 36.5 Å². The van der Waals surface area contributed by atoms with Crippen molar-refractivity contribution >= 4 is 99.3 Å². The minimum atomic E-state index is -0.892. The zero-order valence-corrected chi connectivity index (χ0v) is 84.0. The molecule has 5 aliphatic heterocycles. The highest BCUT2D eigenvalue weighted by molar-refractivity contribution is 6.30. The Kier molecular flexibility index (Phi) is 33.8. The fourth-order valence-corrected chi connectivity index (χ4v) is 24.3. The minimum absolute atomic E-state index is 0.0185. The molecule has 7 heterocycles. The first-order valence-corrected chi connectivity index (χ1v) is 52.4. The van der Waals surface area contributed by atoms with Gasteiger partial charge in [0, 0.05) is 93.8 Å². The number of urea groups is 1. The average Bonchev–Trinajstić information content (AvgIpc) is 1.56. The van der Waals surface area contributed by atoms with Crippen LogP contribution in [0.25, 0.3) is 22.0 Å². The number of carbonyl (C=O) groups is 7. The maximum absolute atomic E-state index is 13.6. The molecule has 18 rings (SSSR count). The summed E-state index contributed by atoms with van der Waals surface area (Å²) in [5, 5.41) is 14.4. The van der Waals surface area contributed by atoms with Crippen LogP contribution >= 0.6 is 11.6 Å². The lowest BCUT2D eigenvalue weighted by Gasteiger charge is -2.35. The molecule has 1 unspecified atom stereocenters. The van der Waals surface area contributed by atoms with Gasteiger partial charge in [0.15, 0.2) is 29.4 Å². The lowest BCUT2D eigenvalue weighted by atomic mass is 9.74. The number of benzene rings is 4. The van der Waals surface area contributed by atoms with Gasteiger partial charge in [-0.2, -0.15) is 0 Å². The predicted octanol–water partition coefficient (Wildman–Crippen LogP) is 18.1. The highest BCUT2D eigenvalue weighted by atomic mass is 35.5. The number of aryl methyl sites for hydroxylation is 1. The number of aromatic nitrogens is 2. The smallest absolute Gasteiger partial charge is 0.319 e. The molecular weight excluding hydrogens is 1750 g/mol. The fourth-order valence-electron chi connectivity index (χ4n) is 24.1. The Bertz CT molecular complexity index is 5340. The number of guanidine groups is 4. The van der Waals surface area contributed by atoms with Gasteiger partial charge in [-0.3, -0.25) is 48.4 Å². The monoisotopic (exact) mass is 1910 g/mol. The molecule has 6 aromatic rings. The molecule has 7 saturated carbocycles. The van der Waals surface area contributed by atoms with Crippen LogP contribution in [0.15, 0.2) is 141 Å². The van der Waals surface area contributed by atoms with Gasteiger partial charge in [-0.05, 0) is 246 Å². The second kappa shape index (κ2) is 45.8. The summed E-state index contributed by atoms with van der Waals surface area (Å²) in [5.41, 5.74) is 27.8. The molecule has 28 nitrogen and oxygen atoms in total. The molecule has 746 valence electrons. The largest absolute Gasteiger partial charge is 0.497 e. The molecular formula is C109H154ClN19O9. The topological polar surface area (TPSA) is 374 Å². The summed E-state index contributed by atoms with van der Waals surface area (Å²) in [6.07, 6.45) is 43.3. The number of anilines is 2. The number of fused-ring (bicyclic) bond motifs is 1. The second-order valence-electron chi connectivity index (χ2n) is 43.3. The summed E-state index contributed by atoms with van der Waals surface area (Å²) < 4.78 is 12.6. The highest BCUT2D eigenvalue weighted by Crippen LogP contribution is 2.53. The number of halogens is 1. The van der Waals surface area contributed by atoms with E-state index in [1.54, 1.807) is 44.2 Å². The van der Waals surface area contributed by atoms with E-state index in [1.165, 1.54) is 106 Å². The number of methoxy groups -OCH3 is 1. The molecule has 4 aromatic carbocycles. The van der Waals surface area contributed by atoms with Crippen molar-refractivity contribution in [2.75, 3.05) is 71.3 Å². The van der Waals surface area contributed by atoms with Crippen molar-refractivity contribution in [1.82, 2.24) is 45.1 Å². The Morgan fingerprint density at radius 3 is 1.41 bits per heavy atom. The summed E-state index contributed by atoms with van der Waals surface area (Å²) in [6.45, 7) is 10.1. The normalized spacial score (nSPS) is 26.7. The molecule has 29 heteroatoms. The molecule has 10 atom stereocenters. The summed E-state index contributed by atoms with van der Waals surface area (Å²) in [7, 11) is 8.79. The number of carbonyl (C=O) groups excluding carboxylic acids is 7. The Morgan fingerprint density at radius 1 is 0.493 bits per heavy atom. The van der Waals surface area contributed by atoms with Gasteiger partial charge in [-0.15, -0.1) is 0 Å². The van der Waals surface area contributed by atoms with Gasteiger partial charge in [-0.1, -0.05) is 216 Å². The van der Waals surface area contributed by atoms with E-state index < -0.39 is 22.2 Å². The molecule has 12 N–H and O–H groups in total. The number of amides is 8. The minimum Gasteiger partial charge on any atom is -0.497 e. The van der Waals surface area contributed by atoms with Gasteiger partial charge in [0.2, 0.25) is 0 Å². The molecule has 0 spiro atoms. The van der Waals surface area contributed by atoms with E-state index >= 15 is 0 Å². The number of para-hydroxylation sites is 1. The summed E-state index contributed by atoms with van der Waals surface area (Å²) in [6, 6.07) is 37.1. The Balaban J connectivity index is 0.000000140. The van der Waals surface area contributed by atoms with Crippen LogP contribution in [0.1, 0.15) is 298 Å². The van der Waals surface area contributed by atoms with Crippen molar-refractivity contribution in [2.24, 2.45) is 96.8 Å². The van der Waals surface area contributed by atoms with Gasteiger partial charge in [0.25, 0.3) is 35.4 Å². The van der Waals surface area contributed by atoms with Gasteiger partial charge < -0.3 is 63.1 Å². The van der Waals surface area contributed by atoms with Crippen molar-refractivity contribution in [3.63, 3.8) is 0 Å². The van der Waals surface area contributed by atoms with E-state index in [-0.39, 0.29) is 70.9 Å². The number of aliphatic imine (C=N–C) groups is 4. The molecule has 1 saturated heterocycles. The number of likely N-dealkylation sites (N-methyl/N-ethyl adjacent to an activating group) is 3. The predicted molar refractivity (Wildman–Crippen MR) is 549 cm³/mol. The van der Waals surface area contributed by atoms with E-state index in [1.807, 2.05) is 121 Å². The summed E-state index contributed by atoms with van der Waals surface area (Å²) in [4.78, 5) is 125. The van der Waals surface area contributed by atoms with E-state index in [0.717, 1.165) is 199 Å². The molecule has 138 heavy (non-hydrogen) atoms. The van der Waals surface area contributed by atoms with Crippen LogP contribution in [0.4, 0.5) is 16.3 Å². The zero-order chi connectivity index (χ0) is 97.5. The van der Waals surface area contributed by atoms with Crippen molar-refractivity contribution in [3.8, 4) is 16.9 Å². The summed E-state index contributed by atoms with van der Waals surface area (Å²) in [5.74, 6) is 6.35. The number of pyridine rings is 1. The zero-order valence-electron chi connectivity index (χ0n) is 83.2. The Morgan fingerprint density at radius 2 is 0.964 bits per heavy atom. The number of ether oxygens (including phenoxy) is 2. The first kappa shape index (κ1) is 102. The molecule has 12 aliphatic rings. The standard InChI is InChI=1S/C29H44N6O3.C29H41N5O2.C27H41N5O3.C24H28ClN3O/c1-34-27(37)29(33-28(34)30,13-12-21-6-3-2-4-7-21)19-22-8-5-9-24(18-22)32-26(36)23-10-11-25(31-20-23)35-14-16-38-17-15-35;1-33-24-14-7-6-12-22(24)18-25(33)26(35)31-23-13-8-11-21(17-23)19-29(27(36)34(2)28(30)32-29)16-15-20-9-4-3-5-10-20;1-32-24(33)27(31-25(32)28,16-15-19-7-4-3-5-8-19)18-20-9-6-10-22(17-20)30-26(34)29-21-11-13-23(35-2)14-12-21;1-23(2,3)12-13-28-21(29)24(18-10-11-18,27-22(28)26)19-8-4-6-16(14-19)17-7-5-9-20(25)15-17/h10-11,20-22,24H,2-9,12-19H2,1H3,(H2,30,33)(H,32,36);6-7,12,14,18,20-21,23H,3-5,8-11,13,15-17,19H2,1-2H3,(H2,30,32)(H,31,35);11-14,19-20,22H,3-10,15-18H2,1-2H3,(H2,28,31)(H2,29,30,34);4-9,14-15,18H,10-13H2,1-3H3,(H2,26,27)/t22-,24+,29+;21-,23+,29+;20-,22+,27+;/m000./s1. The Labute approximate surface area is 822 Å². The van der Waals surface area contributed by atoms with E-state index in [9.17, 15) is 33.6 Å². The van der Waals surface area contributed by atoms with Gasteiger partial charge in [-0.25, -0.2) is 29.7 Å². The number of hydrogen-bond acceptors (Lipinski definition) is 19. The third kappa shape index (κ3) is 25.0. The number of nitrogens with zero attached hydrogens (tertiary/aromatic N) is 11. The average molecular weight is 1910 g/mol. The van der Waals surface area contributed by atoms with Crippen LogP contribution in [0, 0.1) is 46.8 Å². The van der Waals surface area contributed by atoms with Crippen molar-refractivity contribution < 1.29 is 43.0 Å². The molecule has 8 amide bonds. The quantitative estimate of drug-likeness (QED) is 0.0226. The lowest BCUT2D eigenvalue weighted by Crippen LogP contribution is -2.45. The van der Waals surface area contributed by atoms with Gasteiger partial charge >= 0.3 is 6.03 Å². The van der Waals surface area contributed by atoms with E-state index in [2.05, 4.69) is 58.0 Å². The van der Waals surface area contributed by atoms with Gasteiger partial charge in [0.05, 0.1) is 25.9 Å². The van der Waals surface area contributed by atoms with E-state index in [0.29, 0.717) is 108 Å². The maximum atomic E-state index is 13.6. The first-order valence-electron chi connectivity index (χ1n) is 52.0. The fraction of sp³-hybridized carbons (Fsp3) is 0.615. The lowest BCUT2D eigenvalue weighted by molar-refractivity contribution is -0.133. The highest BCUT2D eigenvalue weighted by Gasteiger charge is 2.59. The first-order chi connectivity index (χ1) is 66.4. The van der Waals surface area contributed by atoms with Crippen molar-refractivity contribution in [2.45, 2.75) is 311 Å². The number of hydrogen-bond donors (Lipinski definition) is 8. The second-order valence-corrected chi connectivity index (χ2v) is 43.8. The van der Waals surface area contributed by atoms with Crippen LogP contribution < -0.4 is 53.8 Å². The van der Waals surface area contributed by atoms with Gasteiger partial charge in [0.1, 0.15) is 33.9 Å². The molecule has 0 bridgehead atoms. The summed E-state index contributed by atoms with van der Waals surface area (Å²) >= 11 is 6.18. The SMILES string of the molecule is CC(C)(C)CCN1C(=O)C(c2cccc(-c3cccc(Cl)c3)c2)(C2CC2)N=C1N.CN1C(=O)[C@@](CCC2CCCCC2)(C[C@H]2CCC[C@@H](NC(=O)c3cc4ccccc4n3C)C2)N=C1N.CN1C(=O)[C@@](CCC2CCCCC2)(C[C@H]2CCC[C@@H](NC(=O)c3ccc(N4CCOCC4)nc3)C2)N=C1N.COc1ccc(NC(=O)N[C@@H]2CCC[C@H](C[C@@]3(CCC4CCCCC4)N=C(N)N(C)C3=O)C2)cc1. The van der Waals surface area contributed by atoms with Crippen molar-refractivity contribution in [3.05, 3.63) is 143 Å². The van der Waals surface area contributed by atoms with Crippen LogP contribution in [-0.4, -0.2) is 190 Å². The molecule has 2 aromatic heterocycles.